The van der Waals surface area contributed by atoms with Crippen LogP contribution in [-0.4, -0.2) is 31.1 Å². The van der Waals surface area contributed by atoms with Gasteiger partial charge in [0, 0.05) is 31.4 Å². The molecule has 0 aliphatic carbocycles. The Morgan fingerprint density at radius 2 is 1.89 bits per heavy atom. The molecule has 0 spiro atoms. The molecule has 4 aromatic rings. The van der Waals surface area contributed by atoms with Gasteiger partial charge in [0.1, 0.15) is 0 Å². The Labute approximate surface area is 155 Å². The lowest BCUT2D eigenvalue weighted by Gasteiger charge is -2.14. The highest BCUT2D eigenvalue weighted by atomic mass is 16.6. The third kappa shape index (κ3) is 3.37. The first kappa shape index (κ1) is 16.8. The number of anilines is 1. The van der Waals surface area contributed by atoms with Crippen LogP contribution in [0.2, 0.25) is 0 Å². The van der Waals surface area contributed by atoms with Gasteiger partial charge in [-0.15, -0.1) is 0 Å². The summed E-state index contributed by atoms with van der Waals surface area (Å²) < 4.78 is 3.35. The lowest BCUT2D eigenvalue weighted by atomic mass is 10.2. The molecule has 0 aliphatic rings. The van der Waals surface area contributed by atoms with Crippen LogP contribution in [0.15, 0.2) is 67.1 Å². The zero-order valence-electron chi connectivity index (χ0n) is 14.8. The van der Waals surface area contributed by atoms with Gasteiger partial charge in [0.25, 0.3) is 0 Å². The van der Waals surface area contributed by atoms with E-state index < -0.39 is 4.92 Å². The summed E-state index contributed by atoms with van der Waals surface area (Å²) in [7, 11) is 1.79. The van der Waals surface area contributed by atoms with E-state index in [1.165, 1.54) is 4.40 Å². The van der Waals surface area contributed by atoms with Crippen molar-refractivity contribution < 1.29 is 4.92 Å². The highest BCUT2D eigenvalue weighted by Gasteiger charge is 2.25. The summed E-state index contributed by atoms with van der Waals surface area (Å²) in [5.41, 5.74) is 2.67. The summed E-state index contributed by atoms with van der Waals surface area (Å²) in [6.07, 6.45) is 5.38. The molecule has 0 saturated heterocycles. The molecule has 0 amide bonds. The molecule has 0 bridgehead atoms. The first-order valence-corrected chi connectivity index (χ1v) is 8.49. The van der Waals surface area contributed by atoms with Crippen LogP contribution in [0.3, 0.4) is 0 Å². The fourth-order valence-electron chi connectivity index (χ4n) is 3.09. The van der Waals surface area contributed by atoms with E-state index >= 15 is 0 Å². The fourth-order valence-corrected chi connectivity index (χ4v) is 3.09. The van der Waals surface area contributed by atoms with E-state index in [4.69, 9.17) is 0 Å². The molecular formula is C19H18N6O2. The quantitative estimate of drug-likeness (QED) is 0.389. The summed E-state index contributed by atoms with van der Waals surface area (Å²) in [5.74, 6) is 0.298. The van der Waals surface area contributed by atoms with E-state index in [0.29, 0.717) is 24.6 Å². The fraction of sp³-hybridized carbons (Fsp3) is 0.158. The van der Waals surface area contributed by atoms with Crippen LogP contribution in [0, 0.1) is 10.1 Å². The van der Waals surface area contributed by atoms with Crippen molar-refractivity contribution in [2.75, 3.05) is 11.9 Å². The van der Waals surface area contributed by atoms with Crippen molar-refractivity contribution in [3.63, 3.8) is 0 Å². The van der Waals surface area contributed by atoms with Gasteiger partial charge >= 0.3 is 5.82 Å². The second-order valence-corrected chi connectivity index (χ2v) is 6.33. The van der Waals surface area contributed by atoms with Crippen LogP contribution in [0.5, 0.6) is 0 Å². The van der Waals surface area contributed by atoms with Gasteiger partial charge in [-0.2, -0.15) is 14.5 Å². The molecule has 0 atom stereocenters. The number of nitro groups is 1. The van der Waals surface area contributed by atoms with Gasteiger partial charge in [0.15, 0.2) is 0 Å². The standard InChI is InChI=1S/C19H18N6O2/c1-22(18-19(25(26)27)24-10-6-5-9-17(24)21-18)12-16-11-20-23(14-16)13-15-7-3-2-4-8-15/h2-11,14H,12-13H2,1H3. The summed E-state index contributed by atoms with van der Waals surface area (Å²) in [6.45, 7) is 1.15. The second-order valence-electron chi connectivity index (χ2n) is 6.33. The number of fused-ring (bicyclic) bond motifs is 1. The molecule has 3 heterocycles. The number of hydrogen-bond donors (Lipinski definition) is 0. The molecule has 0 unspecified atom stereocenters. The number of rotatable bonds is 6. The average Bonchev–Trinajstić information content (AvgIpc) is 3.26. The number of aromatic nitrogens is 4. The van der Waals surface area contributed by atoms with Crippen molar-refractivity contribution >= 4 is 17.3 Å². The molecule has 0 aliphatic heterocycles. The molecule has 3 aromatic heterocycles. The highest BCUT2D eigenvalue weighted by Crippen LogP contribution is 2.28. The van der Waals surface area contributed by atoms with Gasteiger partial charge in [0.05, 0.1) is 18.9 Å². The van der Waals surface area contributed by atoms with Gasteiger partial charge in [0.2, 0.25) is 11.5 Å². The molecule has 0 fully saturated rings. The number of nitrogens with zero attached hydrogens (tertiary/aromatic N) is 6. The largest absolute Gasteiger partial charge is 0.372 e. The number of pyridine rings is 1. The van der Waals surface area contributed by atoms with E-state index in [9.17, 15) is 10.1 Å². The van der Waals surface area contributed by atoms with Gasteiger partial charge in [-0.1, -0.05) is 36.4 Å². The van der Waals surface area contributed by atoms with E-state index in [-0.39, 0.29) is 5.82 Å². The smallest absolute Gasteiger partial charge is 0.358 e. The minimum atomic E-state index is -0.398. The normalized spacial score (nSPS) is 11.0. The molecule has 8 nitrogen and oxygen atoms in total. The Morgan fingerprint density at radius 3 is 2.67 bits per heavy atom. The Bertz CT molecular complexity index is 1090. The van der Waals surface area contributed by atoms with Crippen molar-refractivity contribution in [3.05, 3.63) is 88.4 Å². The predicted octanol–water partition coefficient (Wildman–Crippen LogP) is 3.12. The zero-order chi connectivity index (χ0) is 18.8. The lowest BCUT2D eigenvalue weighted by molar-refractivity contribution is -0.389. The van der Waals surface area contributed by atoms with Crippen molar-refractivity contribution in [3.8, 4) is 0 Å². The molecule has 136 valence electrons. The summed E-state index contributed by atoms with van der Waals surface area (Å²) in [6, 6.07) is 15.4. The number of imidazole rings is 1. The van der Waals surface area contributed by atoms with Gasteiger partial charge < -0.3 is 15.0 Å². The maximum Gasteiger partial charge on any atom is 0.372 e. The Hall–Kier alpha value is -3.68. The second kappa shape index (κ2) is 6.91. The Morgan fingerprint density at radius 1 is 1.11 bits per heavy atom. The molecule has 0 saturated carbocycles. The zero-order valence-corrected chi connectivity index (χ0v) is 14.8. The first-order valence-electron chi connectivity index (χ1n) is 8.49. The number of hydrogen-bond acceptors (Lipinski definition) is 5. The van der Waals surface area contributed by atoms with Crippen molar-refractivity contribution in [1.82, 2.24) is 19.2 Å². The molecule has 0 radical (unpaired) electrons. The maximum absolute atomic E-state index is 11.6. The van der Waals surface area contributed by atoms with E-state index in [1.807, 2.05) is 47.3 Å². The van der Waals surface area contributed by atoms with Crippen LogP contribution in [0.1, 0.15) is 11.1 Å². The summed E-state index contributed by atoms with van der Waals surface area (Å²) in [5, 5.41) is 16.0. The first-order chi connectivity index (χ1) is 13.1. The molecule has 27 heavy (non-hydrogen) atoms. The molecule has 1 aromatic carbocycles. The molecule has 0 N–H and O–H groups in total. The molecular weight excluding hydrogens is 344 g/mol. The maximum atomic E-state index is 11.6. The van der Waals surface area contributed by atoms with Crippen molar-refractivity contribution in [2.24, 2.45) is 0 Å². The Balaban J connectivity index is 1.56. The third-order valence-electron chi connectivity index (χ3n) is 4.32. The SMILES string of the molecule is CN(Cc1cnn(Cc2ccccc2)c1)c1nc2ccccn2c1[N+](=O)[O-]. The van der Waals surface area contributed by atoms with Crippen molar-refractivity contribution in [2.45, 2.75) is 13.1 Å². The van der Waals surface area contributed by atoms with Crippen LogP contribution in [-0.2, 0) is 13.1 Å². The third-order valence-corrected chi connectivity index (χ3v) is 4.32. The van der Waals surface area contributed by atoms with E-state index in [2.05, 4.69) is 10.1 Å². The number of benzene rings is 1. The molecule has 4 rings (SSSR count). The van der Waals surface area contributed by atoms with Crippen LogP contribution >= 0.6 is 0 Å². The average molecular weight is 362 g/mol. The minimum absolute atomic E-state index is 0.0372. The van der Waals surface area contributed by atoms with Crippen molar-refractivity contribution in [1.29, 1.82) is 0 Å². The van der Waals surface area contributed by atoms with E-state index in [0.717, 1.165) is 11.1 Å². The van der Waals surface area contributed by atoms with Crippen LogP contribution in [0.4, 0.5) is 11.6 Å². The minimum Gasteiger partial charge on any atom is -0.358 e. The van der Waals surface area contributed by atoms with Crippen LogP contribution < -0.4 is 4.90 Å². The highest BCUT2D eigenvalue weighted by molar-refractivity contribution is 5.63. The van der Waals surface area contributed by atoms with E-state index in [1.54, 1.807) is 36.5 Å². The monoisotopic (exact) mass is 362 g/mol. The Kier molecular flexibility index (Phi) is 4.29. The summed E-state index contributed by atoms with van der Waals surface area (Å²) >= 11 is 0. The topological polar surface area (TPSA) is 81.5 Å². The lowest BCUT2D eigenvalue weighted by Crippen LogP contribution is -2.17. The van der Waals surface area contributed by atoms with Gasteiger partial charge in [-0.05, 0) is 16.6 Å². The predicted molar refractivity (Wildman–Crippen MR) is 102 cm³/mol. The van der Waals surface area contributed by atoms with Crippen LogP contribution in [0.25, 0.3) is 5.65 Å². The molecule has 8 heteroatoms. The summed E-state index contributed by atoms with van der Waals surface area (Å²) in [4.78, 5) is 17.4. The van der Waals surface area contributed by atoms with Gasteiger partial charge in [-0.3, -0.25) is 4.68 Å². The van der Waals surface area contributed by atoms with Gasteiger partial charge in [-0.25, -0.2) is 0 Å².